The molecule has 0 aliphatic rings. The lowest BCUT2D eigenvalue weighted by Gasteiger charge is -2.16. The first kappa shape index (κ1) is 17.7. The average molecular weight is 329 g/mol. The summed E-state index contributed by atoms with van der Waals surface area (Å²) in [7, 11) is 0. The van der Waals surface area contributed by atoms with Crippen LogP contribution in [0.3, 0.4) is 0 Å². The topological polar surface area (TPSA) is 73.2 Å². The van der Waals surface area contributed by atoms with E-state index in [-0.39, 0.29) is 6.04 Å². The molecule has 1 aromatic carbocycles. The number of rotatable bonds is 5. The lowest BCUT2D eigenvalue weighted by molar-refractivity contribution is -0.123. The summed E-state index contributed by atoms with van der Waals surface area (Å²) >= 11 is 0. The molecule has 0 saturated heterocycles. The third-order valence-corrected chi connectivity index (χ3v) is 3.67. The molecule has 1 aromatic heterocycles. The molecule has 0 radical (unpaired) electrons. The number of benzene rings is 1. The number of hydrogen-bond donors (Lipinski definition) is 1. The van der Waals surface area contributed by atoms with Crippen molar-refractivity contribution in [2.45, 2.75) is 46.8 Å². The van der Waals surface area contributed by atoms with Crippen LogP contribution in [0, 0.1) is 13.8 Å². The van der Waals surface area contributed by atoms with Gasteiger partial charge >= 0.3 is 5.97 Å². The maximum Gasteiger partial charge on any atom is 0.339 e. The predicted molar refractivity (Wildman–Crippen MR) is 92.0 cm³/mol. The van der Waals surface area contributed by atoms with Gasteiger partial charge in [0.15, 0.2) is 6.10 Å². The minimum atomic E-state index is -0.909. The molecule has 0 unspecified atom stereocenters. The van der Waals surface area contributed by atoms with Gasteiger partial charge < -0.3 is 10.1 Å². The highest BCUT2D eigenvalue weighted by Crippen LogP contribution is 2.15. The van der Waals surface area contributed by atoms with Crippen LogP contribution in [-0.4, -0.2) is 27.8 Å². The molecule has 2 rings (SSSR count). The number of aryl methyl sites for hydroxylation is 2. The van der Waals surface area contributed by atoms with Gasteiger partial charge in [0.05, 0.1) is 11.8 Å². The summed E-state index contributed by atoms with van der Waals surface area (Å²) in [6.45, 7) is 9.27. The van der Waals surface area contributed by atoms with E-state index in [0.717, 1.165) is 11.1 Å². The summed E-state index contributed by atoms with van der Waals surface area (Å²) in [5.74, 6) is -0.326. The summed E-state index contributed by atoms with van der Waals surface area (Å²) in [5, 5.41) is 6.89. The molecule has 0 aliphatic carbocycles. The zero-order valence-corrected chi connectivity index (χ0v) is 14.7. The third-order valence-electron chi connectivity index (χ3n) is 3.67. The first-order valence-corrected chi connectivity index (χ1v) is 7.92. The number of amides is 1. The number of carbonyl (C=O) groups is 2. The van der Waals surface area contributed by atoms with Crippen molar-refractivity contribution in [3.63, 3.8) is 0 Å². The van der Waals surface area contributed by atoms with Crippen LogP contribution in [0.2, 0.25) is 0 Å². The number of nitrogens with one attached hydrogen (secondary N) is 1. The normalized spacial score (nSPS) is 12.1. The van der Waals surface area contributed by atoms with E-state index in [9.17, 15) is 9.59 Å². The van der Waals surface area contributed by atoms with Crippen LogP contribution >= 0.6 is 0 Å². The van der Waals surface area contributed by atoms with Crippen molar-refractivity contribution in [2.24, 2.45) is 0 Å². The van der Waals surface area contributed by atoms with Crippen LogP contribution < -0.4 is 5.32 Å². The van der Waals surface area contributed by atoms with Crippen molar-refractivity contribution >= 4 is 17.7 Å². The zero-order chi connectivity index (χ0) is 17.9. The third kappa shape index (κ3) is 4.01. The van der Waals surface area contributed by atoms with E-state index in [4.69, 9.17) is 4.74 Å². The van der Waals surface area contributed by atoms with E-state index in [0.29, 0.717) is 11.4 Å². The largest absolute Gasteiger partial charge is 0.449 e. The molecule has 0 aliphatic heterocycles. The lowest BCUT2D eigenvalue weighted by Crippen LogP contribution is -2.31. The molecule has 0 saturated carbocycles. The maximum absolute atomic E-state index is 12.3. The number of aromatic nitrogens is 2. The minimum absolute atomic E-state index is 0.114. The van der Waals surface area contributed by atoms with Crippen LogP contribution in [0.4, 0.5) is 5.82 Å². The SMILES string of the molecule is Cc1ccc(C(=O)O[C@H](C)C(=O)Nc2ccnn2C(C)C)c(C)c1. The van der Waals surface area contributed by atoms with E-state index < -0.39 is 18.0 Å². The van der Waals surface area contributed by atoms with Crippen LogP contribution in [0.1, 0.15) is 48.3 Å². The second-order valence-corrected chi connectivity index (χ2v) is 6.11. The summed E-state index contributed by atoms with van der Waals surface area (Å²) in [6, 6.07) is 7.28. The molecule has 1 N–H and O–H groups in total. The fourth-order valence-electron chi connectivity index (χ4n) is 2.37. The van der Waals surface area contributed by atoms with Crippen LogP contribution in [0.15, 0.2) is 30.5 Å². The summed E-state index contributed by atoms with van der Waals surface area (Å²) < 4.78 is 6.98. The van der Waals surface area contributed by atoms with Crippen molar-refractivity contribution in [1.29, 1.82) is 0 Å². The van der Waals surface area contributed by atoms with Crippen molar-refractivity contribution in [2.75, 3.05) is 5.32 Å². The first-order chi connectivity index (χ1) is 11.3. The summed E-state index contributed by atoms with van der Waals surface area (Å²) in [4.78, 5) is 24.5. The molecule has 0 fully saturated rings. The molecule has 128 valence electrons. The monoisotopic (exact) mass is 329 g/mol. The summed E-state index contributed by atoms with van der Waals surface area (Å²) in [6.07, 6.45) is 0.704. The van der Waals surface area contributed by atoms with Crippen LogP contribution in [0.5, 0.6) is 0 Å². The standard InChI is InChI=1S/C18H23N3O3/c1-11(2)21-16(8-9-19-21)20-17(22)14(5)24-18(23)15-7-6-12(3)10-13(15)4/h6-11,14H,1-5H3,(H,20,22)/t14-/m1/s1. The maximum atomic E-state index is 12.3. The highest BCUT2D eigenvalue weighted by Gasteiger charge is 2.21. The lowest BCUT2D eigenvalue weighted by atomic mass is 10.1. The Bertz CT molecular complexity index is 750. The van der Waals surface area contributed by atoms with Gasteiger partial charge in [0.1, 0.15) is 5.82 Å². The van der Waals surface area contributed by atoms with Gasteiger partial charge in [-0.1, -0.05) is 17.7 Å². The Morgan fingerprint density at radius 3 is 2.50 bits per heavy atom. The van der Waals surface area contributed by atoms with Crippen molar-refractivity contribution in [3.05, 3.63) is 47.2 Å². The first-order valence-electron chi connectivity index (χ1n) is 7.92. The minimum Gasteiger partial charge on any atom is -0.449 e. The van der Waals surface area contributed by atoms with Crippen LogP contribution in [-0.2, 0) is 9.53 Å². The van der Waals surface area contributed by atoms with Crippen LogP contribution in [0.25, 0.3) is 0 Å². The highest BCUT2D eigenvalue weighted by atomic mass is 16.5. The number of nitrogens with zero attached hydrogens (tertiary/aromatic N) is 2. The number of hydrogen-bond acceptors (Lipinski definition) is 4. The van der Waals surface area contributed by atoms with E-state index >= 15 is 0 Å². The molecule has 1 amide bonds. The Kier molecular flexibility index (Phi) is 5.39. The number of anilines is 1. The fourth-order valence-corrected chi connectivity index (χ4v) is 2.37. The van der Waals surface area contributed by atoms with Crippen molar-refractivity contribution in [3.8, 4) is 0 Å². The number of ether oxygens (including phenoxy) is 1. The molecule has 1 heterocycles. The second kappa shape index (κ2) is 7.29. The Labute approximate surface area is 141 Å². The molecular formula is C18H23N3O3. The van der Waals surface area contributed by atoms with E-state index in [1.165, 1.54) is 0 Å². The van der Waals surface area contributed by atoms with Gasteiger partial charge in [-0.25, -0.2) is 9.48 Å². The Balaban J connectivity index is 2.03. The van der Waals surface area contributed by atoms with Gasteiger partial charge in [-0.3, -0.25) is 4.79 Å². The van der Waals surface area contributed by atoms with Gasteiger partial charge in [-0.05, 0) is 46.2 Å². The molecule has 6 nitrogen and oxygen atoms in total. The summed E-state index contributed by atoms with van der Waals surface area (Å²) in [5.41, 5.74) is 2.36. The Morgan fingerprint density at radius 2 is 1.88 bits per heavy atom. The quantitative estimate of drug-likeness (QED) is 0.855. The fraction of sp³-hybridized carbons (Fsp3) is 0.389. The second-order valence-electron chi connectivity index (χ2n) is 6.11. The number of esters is 1. The predicted octanol–water partition coefficient (Wildman–Crippen LogP) is 3.26. The number of carbonyl (C=O) groups excluding carboxylic acids is 2. The Hall–Kier alpha value is -2.63. The highest BCUT2D eigenvalue weighted by molar-refractivity contribution is 5.97. The van der Waals surface area contributed by atoms with Gasteiger partial charge in [0.2, 0.25) is 0 Å². The van der Waals surface area contributed by atoms with Gasteiger partial charge in [-0.2, -0.15) is 5.10 Å². The molecule has 6 heteroatoms. The van der Waals surface area contributed by atoms with Gasteiger partial charge in [-0.15, -0.1) is 0 Å². The van der Waals surface area contributed by atoms with Crippen molar-refractivity contribution < 1.29 is 14.3 Å². The van der Waals surface area contributed by atoms with E-state index in [2.05, 4.69) is 10.4 Å². The zero-order valence-electron chi connectivity index (χ0n) is 14.7. The molecular weight excluding hydrogens is 306 g/mol. The van der Waals surface area contributed by atoms with Gasteiger partial charge in [0, 0.05) is 12.1 Å². The van der Waals surface area contributed by atoms with Gasteiger partial charge in [0.25, 0.3) is 5.91 Å². The van der Waals surface area contributed by atoms with E-state index in [1.54, 1.807) is 29.9 Å². The molecule has 1 atom stereocenters. The molecule has 24 heavy (non-hydrogen) atoms. The average Bonchev–Trinajstić information content (AvgIpc) is 2.95. The Morgan fingerprint density at radius 1 is 1.17 bits per heavy atom. The molecule has 2 aromatic rings. The smallest absolute Gasteiger partial charge is 0.339 e. The molecule has 0 bridgehead atoms. The van der Waals surface area contributed by atoms with Crippen molar-refractivity contribution in [1.82, 2.24) is 9.78 Å². The van der Waals surface area contributed by atoms with E-state index in [1.807, 2.05) is 39.8 Å². The molecule has 0 spiro atoms.